The SMILES string of the molecule is Cc1cc(C)c(N)c(-c2nc(N3CCN(C)CC3)no2)c1. The van der Waals surface area contributed by atoms with Crippen LogP contribution in [-0.4, -0.2) is 48.3 Å². The summed E-state index contributed by atoms with van der Waals surface area (Å²) >= 11 is 0. The van der Waals surface area contributed by atoms with Gasteiger partial charge < -0.3 is 20.1 Å². The first-order valence-electron chi connectivity index (χ1n) is 7.19. The minimum Gasteiger partial charge on any atom is -0.398 e. The fourth-order valence-electron chi connectivity index (χ4n) is 2.62. The van der Waals surface area contributed by atoms with Gasteiger partial charge >= 0.3 is 0 Å². The fourth-order valence-corrected chi connectivity index (χ4v) is 2.62. The first kappa shape index (κ1) is 13.9. The molecule has 1 fully saturated rings. The van der Waals surface area contributed by atoms with E-state index in [9.17, 15) is 0 Å². The fraction of sp³-hybridized carbons (Fsp3) is 0.467. The molecule has 3 rings (SSSR count). The predicted molar refractivity (Wildman–Crippen MR) is 83.3 cm³/mol. The van der Waals surface area contributed by atoms with E-state index in [1.54, 1.807) is 0 Å². The molecule has 1 saturated heterocycles. The second kappa shape index (κ2) is 5.37. The number of anilines is 2. The molecule has 1 aliphatic rings. The number of hydrogen-bond donors (Lipinski definition) is 1. The molecule has 0 bridgehead atoms. The molecule has 6 heteroatoms. The molecule has 0 unspecified atom stereocenters. The zero-order valence-electron chi connectivity index (χ0n) is 12.8. The monoisotopic (exact) mass is 287 g/mol. The van der Waals surface area contributed by atoms with Gasteiger partial charge in [0.2, 0.25) is 0 Å². The van der Waals surface area contributed by atoms with Crippen molar-refractivity contribution in [3.63, 3.8) is 0 Å². The van der Waals surface area contributed by atoms with Crippen molar-refractivity contribution in [2.45, 2.75) is 13.8 Å². The number of nitrogens with zero attached hydrogens (tertiary/aromatic N) is 4. The van der Waals surface area contributed by atoms with Gasteiger partial charge in [-0.3, -0.25) is 0 Å². The summed E-state index contributed by atoms with van der Waals surface area (Å²) in [6, 6.07) is 4.04. The number of aromatic nitrogens is 2. The summed E-state index contributed by atoms with van der Waals surface area (Å²) in [6.07, 6.45) is 0. The van der Waals surface area contributed by atoms with E-state index in [1.165, 1.54) is 0 Å². The van der Waals surface area contributed by atoms with Crippen molar-refractivity contribution in [1.82, 2.24) is 15.0 Å². The molecule has 0 amide bonds. The van der Waals surface area contributed by atoms with Crippen LogP contribution in [0.4, 0.5) is 11.6 Å². The lowest BCUT2D eigenvalue weighted by molar-refractivity contribution is 0.309. The maximum Gasteiger partial charge on any atom is 0.266 e. The molecule has 2 aromatic rings. The summed E-state index contributed by atoms with van der Waals surface area (Å²) < 4.78 is 5.43. The number of benzene rings is 1. The van der Waals surface area contributed by atoms with Crippen molar-refractivity contribution in [2.75, 3.05) is 43.9 Å². The normalized spacial score (nSPS) is 16.4. The Morgan fingerprint density at radius 1 is 1.14 bits per heavy atom. The first-order valence-corrected chi connectivity index (χ1v) is 7.19. The Hall–Kier alpha value is -2.08. The molecule has 2 N–H and O–H groups in total. The summed E-state index contributed by atoms with van der Waals surface area (Å²) in [5, 5.41) is 4.11. The van der Waals surface area contributed by atoms with E-state index < -0.39 is 0 Å². The summed E-state index contributed by atoms with van der Waals surface area (Å²) in [6.45, 7) is 7.87. The molecule has 0 saturated carbocycles. The van der Waals surface area contributed by atoms with Crippen molar-refractivity contribution in [2.24, 2.45) is 0 Å². The Morgan fingerprint density at radius 2 is 1.86 bits per heavy atom. The van der Waals surface area contributed by atoms with Crippen LogP contribution in [0.25, 0.3) is 11.5 Å². The molecular formula is C15H21N5O. The van der Waals surface area contributed by atoms with Gasteiger partial charge in [-0.25, -0.2) is 0 Å². The number of likely N-dealkylation sites (N-methyl/N-ethyl adjacent to an activating group) is 1. The van der Waals surface area contributed by atoms with Crippen LogP contribution in [0.2, 0.25) is 0 Å². The number of hydrogen-bond acceptors (Lipinski definition) is 6. The molecule has 0 aliphatic carbocycles. The molecule has 1 aromatic heterocycles. The third-order valence-corrected chi connectivity index (χ3v) is 3.96. The van der Waals surface area contributed by atoms with Crippen molar-refractivity contribution >= 4 is 11.6 Å². The van der Waals surface area contributed by atoms with Gasteiger partial charge in [0.25, 0.3) is 11.8 Å². The largest absolute Gasteiger partial charge is 0.398 e. The molecule has 0 spiro atoms. The Kier molecular flexibility index (Phi) is 3.55. The predicted octanol–water partition coefficient (Wildman–Crippen LogP) is 1.69. The zero-order valence-corrected chi connectivity index (χ0v) is 12.8. The van der Waals surface area contributed by atoms with Gasteiger partial charge in [-0.1, -0.05) is 6.07 Å². The van der Waals surface area contributed by atoms with Crippen LogP contribution in [0.15, 0.2) is 16.7 Å². The minimum atomic E-state index is 0.494. The highest BCUT2D eigenvalue weighted by Crippen LogP contribution is 2.29. The van der Waals surface area contributed by atoms with Crippen molar-refractivity contribution in [3.8, 4) is 11.5 Å². The van der Waals surface area contributed by atoms with Gasteiger partial charge in [-0.2, -0.15) is 4.98 Å². The van der Waals surface area contributed by atoms with Crippen LogP contribution in [0, 0.1) is 13.8 Å². The quantitative estimate of drug-likeness (QED) is 0.847. The number of piperazine rings is 1. The van der Waals surface area contributed by atoms with Crippen LogP contribution >= 0.6 is 0 Å². The van der Waals surface area contributed by atoms with E-state index in [0.29, 0.717) is 17.5 Å². The van der Waals surface area contributed by atoms with Crippen LogP contribution < -0.4 is 10.6 Å². The van der Waals surface area contributed by atoms with Crippen LogP contribution in [0.3, 0.4) is 0 Å². The smallest absolute Gasteiger partial charge is 0.266 e. The van der Waals surface area contributed by atoms with Gasteiger partial charge in [0.15, 0.2) is 0 Å². The summed E-state index contributed by atoms with van der Waals surface area (Å²) in [7, 11) is 2.12. The molecule has 1 aromatic carbocycles. The number of aryl methyl sites for hydroxylation is 2. The lowest BCUT2D eigenvalue weighted by atomic mass is 10.0. The van der Waals surface area contributed by atoms with Crippen molar-refractivity contribution in [1.29, 1.82) is 0 Å². The van der Waals surface area contributed by atoms with E-state index in [1.807, 2.05) is 19.9 Å². The van der Waals surface area contributed by atoms with Crippen LogP contribution in [-0.2, 0) is 0 Å². The molecule has 21 heavy (non-hydrogen) atoms. The zero-order chi connectivity index (χ0) is 15.0. The molecule has 0 radical (unpaired) electrons. The lowest BCUT2D eigenvalue weighted by Gasteiger charge is -2.31. The van der Waals surface area contributed by atoms with E-state index in [0.717, 1.165) is 42.9 Å². The topological polar surface area (TPSA) is 71.4 Å². The van der Waals surface area contributed by atoms with Crippen LogP contribution in [0.1, 0.15) is 11.1 Å². The summed E-state index contributed by atoms with van der Waals surface area (Å²) in [5.74, 6) is 1.14. The van der Waals surface area contributed by atoms with E-state index in [2.05, 4.69) is 33.1 Å². The maximum atomic E-state index is 6.14. The molecule has 112 valence electrons. The lowest BCUT2D eigenvalue weighted by Crippen LogP contribution is -2.44. The third kappa shape index (κ3) is 2.71. The Balaban J connectivity index is 1.88. The molecule has 1 aliphatic heterocycles. The van der Waals surface area contributed by atoms with Gasteiger partial charge in [-0.15, -0.1) is 0 Å². The summed E-state index contributed by atoms with van der Waals surface area (Å²) in [5.41, 5.74) is 9.83. The number of nitrogens with two attached hydrogens (primary N) is 1. The number of nitrogen functional groups attached to an aromatic ring is 1. The third-order valence-electron chi connectivity index (χ3n) is 3.96. The van der Waals surface area contributed by atoms with Gasteiger partial charge in [0, 0.05) is 31.9 Å². The maximum absolute atomic E-state index is 6.14. The minimum absolute atomic E-state index is 0.494. The van der Waals surface area contributed by atoms with E-state index in [4.69, 9.17) is 10.3 Å². The highest BCUT2D eigenvalue weighted by Gasteiger charge is 2.20. The van der Waals surface area contributed by atoms with Gasteiger partial charge in [0.05, 0.1) is 5.56 Å². The van der Waals surface area contributed by atoms with Gasteiger partial charge in [0.1, 0.15) is 0 Å². The van der Waals surface area contributed by atoms with E-state index >= 15 is 0 Å². The highest BCUT2D eigenvalue weighted by atomic mass is 16.5. The van der Waals surface area contributed by atoms with Crippen LogP contribution in [0.5, 0.6) is 0 Å². The Bertz CT molecular complexity index is 644. The Labute approximate surface area is 124 Å². The second-order valence-corrected chi connectivity index (χ2v) is 5.73. The van der Waals surface area contributed by atoms with Crippen molar-refractivity contribution < 1.29 is 4.52 Å². The second-order valence-electron chi connectivity index (χ2n) is 5.73. The first-order chi connectivity index (χ1) is 10.0. The van der Waals surface area contributed by atoms with E-state index in [-0.39, 0.29) is 0 Å². The molecule has 2 heterocycles. The van der Waals surface area contributed by atoms with Crippen molar-refractivity contribution in [3.05, 3.63) is 23.3 Å². The average Bonchev–Trinajstić information content (AvgIpc) is 2.93. The highest BCUT2D eigenvalue weighted by molar-refractivity contribution is 5.74. The molecular weight excluding hydrogens is 266 g/mol. The number of rotatable bonds is 2. The summed E-state index contributed by atoms with van der Waals surface area (Å²) in [4.78, 5) is 8.96. The Morgan fingerprint density at radius 3 is 2.57 bits per heavy atom. The standard InChI is InChI=1S/C15H21N5O/c1-10-8-11(2)13(16)12(9-10)14-17-15(18-21-14)20-6-4-19(3)5-7-20/h8-9H,4-7,16H2,1-3H3. The average molecular weight is 287 g/mol. The van der Waals surface area contributed by atoms with Gasteiger partial charge in [-0.05, 0) is 43.2 Å². The molecule has 0 atom stereocenters. The molecule has 6 nitrogen and oxygen atoms in total.